The van der Waals surface area contributed by atoms with Crippen molar-refractivity contribution in [3.8, 4) is 0 Å². The summed E-state index contributed by atoms with van der Waals surface area (Å²) < 4.78 is 0. The van der Waals surface area contributed by atoms with Gasteiger partial charge >= 0.3 is 0 Å². The predicted octanol–water partition coefficient (Wildman–Crippen LogP) is 6.35. The summed E-state index contributed by atoms with van der Waals surface area (Å²) in [5.74, 6) is 2.56. The van der Waals surface area contributed by atoms with E-state index in [1.165, 1.54) is 31.0 Å². The van der Waals surface area contributed by atoms with Gasteiger partial charge in [-0.2, -0.15) is 0 Å². The van der Waals surface area contributed by atoms with Crippen molar-refractivity contribution < 1.29 is 9.59 Å². The molecule has 0 saturated heterocycles. The number of amides is 2. The molecule has 5 nitrogen and oxygen atoms in total. The van der Waals surface area contributed by atoms with E-state index in [1.54, 1.807) is 5.01 Å². The summed E-state index contributed by atoms with van der Waals surface area (Å²) in [6.07, 6.45) is 7.50. The fourth-order valence-corrected chi connectivity index (χ4v) is 7.96. The van der Waals surface area contributed by atoms with Crippen LogP contribution in [0.15, 0.2) is 89.8 Å². The zero-order valence-corrected chi connectivity index (χ0v) is 21.8. The molecule has 37 heavy (non-hydrogen) atoms. The first-order valence-corrected chi connectivity index (χ1v) is 14.3. The lowest BCUT2D eigenvalue weighted by Crippen LogP contribution is -2.60. The number of hydrogen-bond donors (Lipinski definition) is 2. The van der Waals surface area contributed by atoms with Crippen LogP contribution in [0.25, 0.3) is 0 Å². The summed E-state index contributed by atoms with van der Waals surface area (Å²) in [4.78, 5) is 27.4. The summed E-state index contributed by atoms with van der Waals surface area (Å²) >= 11 is 1.44. The highest BCUT2D eigenvalue weighted by Gasteiger charge is 2.51. The van der Waals surface area contributed by atoms with E-state index >= 15 is 0 Å². The Morgan fingerprint density at radius 2 is 1.27 bits per heavy atom. The molecule has 0 spiro atoms. The molecule has 4 fully saturated rings. The van der Waals surface area contributed by atoms with E-state index in [1.807, 2.05) is 84.9 Å². The molecule has 4 aliphatic carbocycles. The third-order valence-electron chi connectivity index (χ3n) is 8.18. The van der Waals surface area contributed by atoms with Gasteiger partial charge in [0.15, 0.2) is 0 Å². The van der Waals surface area contributed by atoms with Crippen molar-refractivity contribution in [1.29, 1.82) is 0 Å². The van der Waals surface area contributed by atoms with E-state index in [2.05, 4.69) is 10.7 Å². The van der Waals surface area contributed by atoms with Crippen LogP contribution in [-0.4, -0.2) is 23.1 Å². The van der Waals surface area contributed by atoms with Crippen LogP contribution in [0.4, 0.5) is 11.4 Å². The van der Waals surface area contributed by atoms with Crippen LogP contribution in [0.2, 0.25) is 0 Å². The molecule has 2 N–H and O–H groups in total. The van der Waals surface area contributed by atoms with Crippen LogP contribution in [-0.2, 0) is 4.79 Å². The van der Waals surface area contributed by atoms with E-state index in [9.17, 15) is 9.59 Å². The molecule has 6 heteroatoms. The highest BCUT2D eigenvalue weighted by Crippen LogP contribution is 2.55. The van der Waals surface area contributed by atoms with Crippen LogP contribution < -0.4 is 15.8 Å². The second kappa shape index (κ2) is 10.3. The van der Waals surface area contributed by atoms with Crippen molar-refractivity contribution in [2.75, 3.05) is 10.8 Å². The van der Waals surface area contributed by atoms with Gasteiger partial charge in [0, 0.05) is 10.4 Å². The molecule has 4 saturated carbocycles. The molecule has 4 aliphatic rings. The SMILES string of the molecule is O=C(CSc1ccccc1C(=O)NN(c1ccccc1)c1ccccc1)NC12CC3CC(CC(C3)C1)C2. The van der Waals surface area contributed by atoms with Gasteiger partial charge in [-0.3, -0.25) is 20.0 Å². The lowest BCUT2D eigenvalue weighted by atomic mass is 9.53. The normalized spacial score (nSPS) is 25.5. The van der Waals surface area contributed by atoms with E-state index in [4.69, 9.17) is 0 Å². The fraction of sp³-hybridized carbons (Fsp3) is 0.355. The molecule has 3 aromatic carbocycles. The van der Waals surface area contributed by atoms with Gasteiger partial charge < -0.3 is 5.32 Å². The van der Waals surface area contributed by atoms with Crippen molar-refractivity contribution in [3.63, 3.8) is 0 Å². The van der Waals surface area contributed by atoms with Crippen molar-refractivity contribution in [1.82, 2.24) is 10.7 Å². The van der Waals surface area contributed by atoms with Crippen molar-refractivity contribution in [2.24, 2.45) is 17.8 Å². The molecular weight excluding hydrogens is 478 g/mol. The van der Waals surface area contributed by atoms with Crippen LogP contribution >= 0.6 is 11.8 Å². The average molecular weight is 512 g/mol. The zero-order valence-electron chi connectivity index (χ0n) is 20.9. The Morgan fingerprint density at radius 3 is 1.84 bits per heavy atom. The Bertz CT molecular complexity index is 1190. The Balaban J connectivity index is 1.14. The molecule has 190 valence electrons. The van der Waals surface area contributed by atoms with Crippen LogP contribution in [0.3, 0.4) is 0 Å². The highest BCUT2D eigenvalue weighted by molar-refractivity contribution is 8.00. The third-order valence-corrected chi connectivity index (χ3v) is 9.25. The molecule has 0 unspecified atom stereocenters. The number of carbonyl (C=O) groups excluding carboxylic acids is 2. The minimum atomic E-state index is -0.211. The van der Waals surface area contributed by atoms with E-state index in [0.29, 0.717) is 11.3 Å². The number of anilines is 2. The van der Waals surface area contributed by atoms with Crippen LogP contribution in [0.5, 0.6) is 0 Å². The Labute approximate surface area is 223 Å². The van der Waals surface area contributed by atoms with Gasteiger partial charge in [-0.25, -0.2) is 0 Å². The number of rotatable bonds is 8. The van der Waals surface area contributed by atoms with Crippen LogP contribution in [0.1, 0.15) is 48.9 Å². The average Bonchev–Trinajstić information content (AvgIpc) is 2.90. The molecule has 7 rings (SSSR count). The van der Waals surface area contributed by atoms with Gasteiger partial charge in [-0.05, 0) is 92.7 Å². The highest BCUT2D eigenvalue weighted by atomic mass is 32.2. The second-order valence-electron chi connectivity index (χ2n) is 11.0. The zero-order chi connectivity index (χ0) is 25.2. The smallest absolute Gasteiger partial charge is 0.271 e. The fourth-order valence-electron chi connectivity index (χ4n) is 7.11. The number of nitrogens with one attached hydrogen (secondary N) is 2. The number of hydrogen-bond acceptors (Lipinski definition) is 4. The maximum atomic E-state index is 13.5. The first kappa shape index (κ1) is 24.1. The predicted molar refractivity (Wildman–Crippen MR) is 149 cm³/mol. The van der Waals surface area contributed by atoms with Crippen LogP contribution in [0, 0.1) is 17.8 Å². The Hall–Kier alpha value is -3.25. The standard InChI is InChI=1S/C31H33N3O2S/c35-29(32-31-18-22-15-23(19-31)17-24(16-22)20-31)21-37-28-14-8-7-13-27(28)30(36)33-34(25-9-3-1-4-10-25)26-11-5-2-6-12-26/h1-14,22-24H,15-21H2,(H,32,35)(H,33,36). The van der Waals surface area contributed by atoms with E-state index in [0.717, 1.165) is 53.3 Å². The summed E-state index contributed by atoms with van der Waals surface area (Å²) in [7, 11) is 0. The first-order valence-electron chi connectivity index (χ1n) is 13.3. The minimum absolute atomic E-state index is 0.00908. The maximum absolute atomic E-state index is 13.5. The third kappa shape index (κ3) is 5.26. The molecule has 0 aromatic heterocycles. The lowest BCUT2D eigenvalue weighted by molar-refractivity contribution is -0.124. The number of para-hydroxylation sites is 2. The van der Waals surface area contributed by atoms with Gasteiger partial charge in [0.05, 0.1) is 22.7 Å². The number of benzene rings is 3. The number of hydrazine groups is 1. The largest absolute Gasteiger partial charge is 0.350 e. The topological polar surface area (TPSA) is 61.4 Å². The minimum Gasteiger partial charge on any atom is -0.350 e. The Morgan fingerprint density at radius 1 is 0.757 bits per heavy atom. The van der Waals surface area contributed by atoms with Crippen molar-refractivity contribution in [3.05, 3.63) is 90.5 Å². The van der Waals surface area contributed by atoms with Gasteiger partial charge in [-0.1, -0.05) is 48.5 Å². The molecule has 4 bridgehead atoms. The van der Waals surface area contributed by atoms with Gasteiger partial charge in [0.25, 0.3) is 5.91 Å². The molecule has 0 atom stereocenters. The number of carbonyl (C=O) groups is 2. The molecule has 3 aromatic rings. The van der Waals surface area contributed by atoms with E-state index in [-0.39, 0.29) is 17.4 Å². The van der Waals surface area contributed by atoms with Crippen molar-refractivity contribution in [2.45, 2.75) is 49.0 Å². The summed E-state index contributed by atoms with van der Waals surface area (Å²) in [6.45, 7) is 0. The van der Waals surface area contributed by atoms with Crippen molar-refractivity contribution >= 4 is 35.0 Å². The Kier molecular flexibility index (Phi) is 6.68. The summed E-state index contributed by atoms with van der Waals surface area (Å²) in [5.41, 5.74) is 5.37. The van der Waals surface area contributed by atoms with Gasteiger partial charge in [0.1, 0.15) is 0 Å². The second-order valence-corrected chi connectivity index (χ2v) is 12.0. The van der Waals surface area contributed by atoms with Gasteiger partial charge in [0.2, 0.25) is 5.91 Å². The molecule has 0 aliphatic heterocycles. The summed E-state index contributed by atoms with van der Waals surface area (Å²) in [6, 6.07) is 27.1. The molecule has 0 heterocycles. The molecular formula is C31H33N3O2S. The summed E-state index contributed by atoms with van der Waals surface area (Å²) in [5, 5.41) is 5.25. The maximum Gasteiger partial charge on any atom is 0.271 e. The number of nitrogens with zero attached hydrogens (tertiary/aromatic N) is 1. The lowest BCUT2D eigenvalue weighted by Gasteiger charge is -2.56. The molecule has 2 amide bonds. The van der Waals surface area contributed by atoms with Gasteiger partial charge in [-0.15, -0.1) is 11.8 Å². The number of thioether (sulfide) groups is 1. The van der Waals surface area contributed by atoms with E-state index < -0.39 is 0 Å². The monoisotopic (exact) mass is 511 g/mol. The first-order chi connectivity index (χ1) is 18.1. The quantitative estimate of drug-likeness (QED) is 0.273. The molecule has 0 radical (unpaired) electrons.